The maximum atomic E-state index is 11.2. The molecular formula is C14H23BrO2. The third-order valence-electron chi connectivity index (χ3n) is 2.25. The van der Waals surface area contributed by atoms with Crippen molar-refractivity contribution in [1.29, 1.82) is 0 Å². The second kappa shape index (κ2) is 13.6. The minimum Gasteiger partial charge on any atom is -0.466 e. The van der Waals surface area contributed by atoms with Crippen LogP contribution in [-0.2, 0) is 9.53 Å². The number of carbonyl (C=O) groups is 1. The van der Waals surface area contributed by atoms with Crippen LogP contribution in [0.5, 0.6) is 0 Å². The van der Waals surface area contributed by atoms with Crippen LogP contribution in [0.15, 0.2) is 0 Å². The Morgan fingerprint density at radius 2 is 1.82 bits per heavy atom. The monoisotopic (exact) mass is 302 g/mol. The Balaban J connectivity index is 3.26. The topological polar surface area (TPSA) is 26.3 Å². The van der Waals surface area contributed by atoms with E-state index in [2.05, 4.69) is 34.7 Å². The number of alkyl halides is 1. The molecule has 0 aromatic rings. The summed E-state index contributed by atoms with van der Waals surface area (Å²) in [7, 11) is 0. The lowest BCUT2D eigenvalue weighted by Crippen LogP contribution is -2.05. The number of carbonyl (C=O) groups excluding carboxylic acids is 1. The number of rotatable bonds is 9. The first-order valence-electron chi connectivity index (χ1n) is 6.48. The van der Waals surface area contributed by atoms with Gasteiger partial charge in [-0.25, -0.2) is 0 Å². The van der Waals surface area contributed by atoms with Crippen molar-refractivity contribution in [2.75, 3.05) is 11.9 Å². The fourth-order valence-corrected chi connectivity index (χ4v) is 1.62. The lowest BCUT2D eigenvalue weighted by atomic mass is 10.2. The molecule has 0 bridgehead atoms. The summed E-state index contributed by atoms with van der Waals surface area (Å²) in [6, 6.07) is 0. The normalized spacial score (nSPS) is 9.53. The number of halogens is 1. The quantitative estimate of drug-likeness (QED) is 0.278. The molecule has 0 rings (SSSR count). The molecule has 17 heavy (non-hydrogen) atoms. The molecule has 0 aliphatic carbocycles. The van der Waals surface area contributed by atoms with E-state index >= 15 is 0 Å². The van der Waals surface area contributed by atoms with Crippen LogP contribution in [0.25, 0.3) is 0 Å². The van der Waals surface area contributed by atoms with E-state index in [1.165, 1.54) is 12.8 Å². The first-order chi connectivity index (χ1) is 8.31. The minimum absolute atomic E-state index is 0.0788. The summed E-state index contributed by atoms with van der Waals surface area (Å²) in [4.78, 5) is 11.2. The highest BCUT2D eigenvalue weighted by molar-refractivity contribution is 9.09. The Labute approximate surface area is 114 Å². The fraction of sp³-hybridized carbons (Fsp3) is 0.786. The van der Waals surface area contributed by atoms with Gasteiger partial charge in [-0.1, -0.05) is 29.3 Å². The van der Waals surface area contributed by atoms with E-state index in [0.29, 0.717) is 13.0 Å². The van der Waals surface area contributed by atoms with Crippen LogP contribution >= 0.6 is 15.9 Å². The number of unbranched alkanes of at least 4 members (excludes halogenated alkanes) is 4. The molecule has 3 heteroatoms. The van der Waals surface area contributed by atoms with Crippen molar-refractivity contribution in [3.05, 3.63) is 0 Å². The van der Waals surface area contributed by atoms with Crippen molar-refractivity contribution >= 4 is 21.9 Å². The van der Waals surface area contributed by atoms with Crippen molar-refractivity contribution in [1.82, 2.24) is 0 Å². The van der Waals surface area contributed by atoms with Gasteiger partial charge in [-0.2, -0.15) is 0 Å². The van der Waals surface area contributed by atoms with E-state index in [9.17, 15) is 4.79 Å². The van der Waals surface area contributed by atoms with Crippen molar-refractivity contribution in [2.45, 2.75) is 58.3 Å². The lowest BCUT2D eigenvalue weighted by molar-refractivity contribution is -0.143. The van der Waals surface area contributed by atoms with Gasteiger partial charge in [0.15, 0.2) is 0 Å². The van der Waals surface area contributed by atoms with E-state index in [1.807, 2.05) is 0 Å². The Morgan fingerprint density at radius 3 is 2.47 bits per heavy atom. The highest BCUT2D eigenvalue weighted by Crippen LogP contribution is 2.01. The fourth-order valence-electron chi connectivity index (χ4n) is 1.22. The summed E-state index contributed by atoms with van der Waals surface area (Å²) in [5.41, 5.74) is 0. The average Bonchev–Trinajstić information content (AvgIpc) is 2.33. The van der Waals surface area contributed by atoms with Gasteiger partial charge >= 0.3 is 5.97 Å². The molecule has 0 saturated carbocycles. The molecule has 2 nitrogen and oxygen atoms in total. The van der Waals surface area contributed by atoms with Crippen molar-refractivity contribution in [3.63, 3.8) is 0 Å². The first kappa shape index (κ1) is 16.5. The molecule has 0 aromatic carbocycles. The van der Waals surface area contributed by atoms with Crippen LogP contribution in [0, 0.1) is 11.8 Å². The smallest absolute Gasteiger partial charge is 0.305 e. The van der Waals surface area contributed by atoms with Gasteiger partial charge in [0.25, 0.3) is 0 Å². The molecule has 0 aromatic heterocycles. The Hall–Kier alpha value is -0.490. The average molecular weight is 303 g/mol. The third-order valence-corrected chi connectivity index (χ3v) is 2.81. The van der Waals surface area contributed by atoms with Crippen LogP contribution < -0.4 is 0 Å². The molecule has 0 atom stereocenters. The van der Waals surface area contributed by atoms with E-state index in [1.54, 1.807) is 0 Å². The van der Waals surface area contributed by atoms with Gasteiger partial charge in [-0.15, -0.1) is 11.8 Å². The predicted molar refractivity (Wildman–Crippen MR) is 75.1 cm³/mol. The predicted octanol–water partition coefficient (Wildman–Crippen LogP) is 4.07. The van der Waals surface area contributed by atoms with Crippen LogP contribution in [-0.4, -0.2) is 17.9 Å². The van der Waals surface area contributed by atoms with Crippen LogP contribution in [0.1, 0.15) is 58.3 Å². The van der Waals surface area contributed by atoms with Gasteiger partial charge in [-0.3, -0.25) is 4.79 Å². The Morgan fingerprint density at radius 1 is 1.12 bits per heavy atom. The molecule has 0 N–H and O–H groups in total. The van der Waals surface area contributed by atoms with Gasteiger partial charge in [0.1, 0.15) is 0 Å². The lowest BCUT2D eigenvalue weighted by Gasteiger charge is -2.02. The molecule has 0 spiro atoms. The number of ether oxygens (including phenoxy) is 1. The van der Waals surface area contributed by atoms with Gasteiger partial charge in [-0.05, 0) is 25.7 Å². The van der Waals surface area contributed by atoms with Gasteiger partial charge in [0.2, 0.25) is 0 Å². The maximum absolute atomic E-state index is 11.2. The molecule has 0 fully saturated rings. The first-order valence-corrected chi connectivity index (χ1v) is 7.60. The van der Waals surface area contributed by atoms with E-state index in [0.717, 1.165) is 37.4 Å². The van der Waals surface area contributed by atoms with E-state index < -0.39 is 0 Å². The summed E-state index contributed by atoms with van der Waals surface area (Å²) >= 11 is 3.33. The summed E-state index contributed by atoms with van der Waals surface area (Å²) in [6.07, 6.45) is 7.51. The molecule has 0 heterocycles. The van der Waals surface area contributed by atoms with E-state index in [4.69, 9.17) is 4.74 Å². The second-order valence-corrected chi connectivity index (χ2v) is 4.72. The Bertz CT molecular complexity index is 240. The second-order valence-electron chi connectivity index (χ2n) is 3.93. The summed E-state index contributed by atoms with van der Waals surface area (Å²) in [5, 5.41) is 0.952. The maximum Gasteiger partial charge on any atom is 0.305 e. The van der Waals surface area contributed by atoms with Crippen molar-refractivity contribution in [3.8, 4) is 11.8 Å². The summed E-state index contributed by atoms with van der Waals surface area (Å²) in [6.45, 7) is 2.67. The zero-order valence-corrected chi connectivity index (χ0v) is 12.4. The SMILES string of the molecule is CCCCC#CCCCOC(=O)CCCCBr. The van der Waals surface area contributed by atoms with Crippen LogP contribution in [0.3, 0.4) is 0 Å². The highest BCUT2D eigenvalue weighted by Gasteiger charge is 2.00. The molecule has 0 aliphatic heterocycles. The van der Waals surface area contributed by atoms with Crippen LogP contribution in [0.2, 0.25) is 0 Å². The zero-order valence-electron chi connectivity index (χ0n) is 10.8. The highest BCUT2D eigenvalue weighted by atomic mass is 79.9. The summed E-state index contributed by atoms with van der Waals surface area (Å²) < 4.78 is 5.09. The van der Waals surface area contributed by atoms with Crippen molar-refractivity contribution < 1.29 is 9.53 Å². The molecule has 0 amide bonds. The Kier molecular flexibility index (Phi) is 13.2. The molecule has 0 radical (unpaired) electrons. The largest absolute Gasteiger partial charge is 0.466 e. The van der Waals surface area contributed by atoms with Crippen molar-refractivity contribution in [2.24, 2.45) is 0 Å². The summed E-state index contributed by atoms with van der Waals surface area (Å²) in [5.74, 6) is 6.14. The molecule has 0 aliphatic rings. The third kappa shape index (κ3) is 13.4. The molecule has 0 unspecified atom stereocenters. The van der Waals surface area contributed by atoms with Gasteiger partial charge < -0.3 is 4.74 Å². The van der Waals surface area contributed by atoms with Gasteiger partial charge in [0.05, 0.1) is 6.61 Å². The number of esters is 1. The number of hydrogen-bond acceptors (Lipinski definition) is 2. The van der Waals surface area contributed by atoms with E-state index in [-0.39, 0.29) is 5.97 Å². The standard InChI is InChI=1S/C14H23BrO2/c1-2-3-4-5-6-7-10-13-17-14(16)11-8-9-12-15/h2-4,7-13H2,1H3. The molecule has 0 saturated heterocycles. The molecule has 98 valence electrons. The number of hydrogen-bond donors (Lipinski definition) is 0. The minimum atomic E-state index is -0.0788. The zero-order chi connectivity index (χ0) is 12.8. The van der Waals surface area contributed by atoms with Crippen LogP contribution in [0.4, 0.5) is 0 Å². The van der Waals surface area contributed by atoms with Gasteiger partial charge in [0, 0.05) is 24.6 Å². The molecular weight excluding hydrogens is 280 g/mol.